The number of phenolic OH excluding ortho intramolecular Hbond substituents is 2. The first-order valence-corrected chi connectivity index (χ1v) is 9.62. The van der Waals surface area contributed by atoms with E-state index < -0.39 is 0 Å². The fourth-order valence-electron chi connectivity index (χ4n) is 3.13. The number of rotatable bonds is 8. The Kier molecular flexibility index (Phi) is 6.42. The molecule has 2 N–H and O–H groups in total. The van der Waals surface area contributed by atoms with Gasteiger partial charge < -0.3 is 10.2 Å². The van der Waals surface area contributed by atoms with Crippen LogP contribution in [-0.2, 0) is 6.42 Å². The summed E-state index contributed by atoms with van der Waals surface area (Å²) in [4.78, 5) is 9.57. The number of nitrogens with zero attached hydrogens (tertiary/aromatic N) is 2. The van der Waals surface area contributed by atoms with E-state index in [2.05, 4.69) is 11.9 Å². The minimum Gasteiger partial charge on any atom is -0.508 e. The number of aromatic hydroxyl groups is 2. The molecule has 0 fully saturated rings. The Balaban J connectivity index is 1.89. The lowest BCUT2D eigenvalue weighted by Crippen LogP contribution is -2.00. The topological polar surface area (TPSA) is 66.2 Å². The van der Waals surface area contributed by atoms with Crippen LogP contribution >= 0.6 is 0 Å². The summed E-state index contributed by atoms with van der Waals surface area (Å²) in [5.74, 6) is 0.483. The zero-order chi connectivity index (χ0) is 19.1. The summed E-state index contributed by atoms with van der Waals surface area (Å²) in [7, 11) is 0. The van der Waals surface area contributed by atoms with E-state index in [0.717, 1.165) is 41.1 Å². The van der Waals surface area contributed by atoms with Crippen molar-refractivity contribution in [2.75, 3.05) is 0 Å². The Morgan fingerprint density at radius 1 is 0.741 bits per heavy atom. The second-order valence-corrected chi connectivity index (χ2v) is 6.81. The minimum absolute atomic E-state index is 0.239. The van der Waals surface area contributed by atoms with Gasteiger partial charge in [-0.15, -0.1) is 0 Å². The lowest BCUT2D eigenvalue weighted by Gasteiger charge is -2.11. The van der Waals surface area contributed by atoms with E-state index in [1.54, 1.807) is 30.5 Å². The molecular weight excluding hydrogens is 336 g/mol. The molecule has 1 aromatic heterocycles. The molecule has 0 bridgehead atoms. The Labute approximate surface area is 160 Å². The van der Waals surface area contributed by atoms with Crippen LogP contribution in [0.3, 0.4) is 0 Å². The van der Waals surface area contributed by atoms with Gasteiger partial charge in [0.05, 0.1) is 23.3 Å². The molecule has 0 aliphatic carbocycles. The summed E-state index contributed by atoms with van der Waals surface area (Å²) in [5.41, 5.74) is 4.54. The smallest absolute Gasteiger partial charge is 0.115 e. The van der Waals surface area contributed by atoms with Gasteiger partial charge in [-0.05, 0) is 61.4 Å². The Morgan fingerprint density at radius 3 is 1.96 bits per heavy atom. The zero-order valence-electron chi connectivity index (χ0n) is 15.7. The van der Waals surface area contributed by atoms with Crippen LogP contribution in [0.1, 0.15) is 44.7 Å². The average molecular weight is 362 g/mol. The van der Waals surface area contributed by atoms with Crippen molar-refractivity contribution < 1.29 is 10.2 Å². The number of benzene rings is 2. The number of aryl methyl sites for hydroxylation is 1. The van der Waals surface area contributed by atoms with Gasteiger partial charge in [-0.25, -0.2) is 4.98 Å². The van der Waals surface area contributed by atoms with Crippen molar-refractivity contribution in [2.24, 2.45) is 0 Å². The van der Waals surface area contributed by atoms with Crippen LogP contribution in [0.4, 0.5) is 0 Å². The fourth-order valence-corrected chi connectivity index (χ4v) is 3.13. The molecule has 0 amide bonds. The van der Waals surface area contributed by atoms with Gasteiger partial charge in [-0.3, -0.25) is 4.98 Å². The molecule has 0 radical (unpaired) electrons. The highest BCUT2D eigenvalue weighted by Crippen LogP contribution is 2.27. The van der Waals surface area contributed by atoms with Crippen molar-refractivity contribution in [2.45, 2.75) is 45.4 Å². The van der Waals surface area contributed by atoms with Crippen LogP contribution in [0.15, 0.2) is 54.7 Å². The van der Waals surface area contributed by atoms with Gasteiger partial charge in [0.2, 0.25) is 0 Å². The Hall–Kier alpha value is -2.88. The lowest BCUT2D eigenvalue weighted by atomic mass is 10.0. The maximum atomic E-state index is 9.56. The zero-order valence-corrected chi connectivity index (χ0v) is 15.7. The maximum Gasteiger partial charge on any atom is 0.115 e. The van der Waals surface area contributed by atoms with E-state index in [4.69, 9.17) is 4.98 Å². The summed E-state index contributed by atoms with van der Waals surface area (Å²) in [5, 5.41) is 19.1. The third-order valence-corrected chi connectivity index (χ3v) is 4.67. The van der Waals surface area contributed by atoms with Crippen molar-refractivity contribution in [1.29, 1.82) is 0 Å². The number of unbranched alkanes of at least 4 members (excludes halogenated alkanes) is 4. The van der Waals surface area contributed by atoms with E-state index in [0.29, 0.717) is 0 Å². The molecule has 0 saturated heterocycles. The second kappa shape index (κ2) is 9.17. The molecule has 27 heavy (non-hydrogen) atoms. The van der Waals surface area contributed by atoms with E-state index in [9.17, 15) is 10.2 Å². The fraction of sp³-hybridized carbons (Fsp3) is 0.304. The molecule has 140 valence electrons. The number of phenols is 2. The standard InChI is InChI=1S/C23H26N2O2/c1-2-3-4-5-6-7-21-23(18-10-14-20(27)15-11-18)24-16-22(25-21)17-8-12-19(26)13-9-17/h8-16,26-27H,2-7H2,1H3. The van der Waals surface area contributed by atoms with Crippen LogP contribution < -0.4 is 0 Å². The average Bonchev–Trinajstić information content (AvgIpc) is 2.69. The van der Waals surface area contributed by atoms with Crippen LogP contribution in [0.5, 0.6) is 11.5 Å². The van der Waals surface area contributed by atoms with Crippen LogP contribution in [0.25, 0.3) is 22.5 Å². The van der Waals surface area contributed by atoms with E-state index in [1.165, 1.54) is 25.7 Å². The van der Waals surface area contributed by atoms with Crippen molar-refractivity contribution in [1.82, 2.24) is 9.97 Å². The Morgan fingerprint density at radius 2 is 1.33 bits per heavy atom. The van der Waals surface area contributed by atoms with Crippen molar-refractivity contribution in [3.05, 3.63) is 60.4 Å². The highest BCUT2D eigenvalue weighted by molar-refractivity contribution is 5.66. The van der Waals surface area contributed by atoms with Gasteiger partial charge in [0.1, 0.15) is 11.5 Å². The molecule has 2 aromatic carbocycles. The van der Waals surface area contributed by atoms with Gasteiger partial charge in [0.25, 0.3) is 0 Å². The first kappa shape index (κ1) is 18.9. The summed E-state index contributed by atoms with van der Waals surface area (Å²) in [6, 6.07) is 14.1. The third kappa shape index (κ3) is 5.07. The van der Waals surface area contributed by atoms with Crippen LogP contribution in [0, 0.1) is 0 Å². The maximum absolute atomic E-state index is 9.56. The first-order valence-electron chi connectivity index (χ1n) is 9.62. The molecule has 1 heterocycles. The number of aromatic nitrogens is 2. The molecule has 0 saturated carbocycles. The summed E-state index contributed by atoms with van der Waals surface area (Å²) >= 11 is 0. The summed E-state index contributed by atoms with van der Waals surface area (Å²) in [6.45, 7) is 2.22. The van der Waals surface area contributed by atoms with Gasteiger partial charge in [0.15, 0.2) is 0 Å². The van der Waals surface area contributed by atoms with Gasteiger partial charge >= 0.3 is 0 Å². The Bertz CT molecular complexity index is 859. The van der Waals surface area contributed by atoms with Gasteiger partial charge in [-0.2, -0.15) is 0 Å². The van der Waals surface area contributed by atoms with Crippen molar-refractivity contribution in [3.63, 3.8) is 0 Å². The highest BCUT2D eigenvalue weighted by atomic mass is 16.3. The summed E-state index contributed by atoms with van der Waals surface area (Å²) in [6.07, 6.45) is 8.66. The van der Waals surface area contributed by atoms with Crippen LogP contribution in [0.2, 0.25) is 0 Å². The van der Waals surface area contributed by atoms with Crippen LogP contribution in [-0.4, -0.2) is 20.2 Å². The summed E-state index contributed by atoms with van der Waals surface area (Å²) < 4.78 is 0. The number of hydrogen-bond donors (Lipinski definition) is 2. The van der Waals surface area contributed by atoms with E-state index in [-0.39, 0.29) is 11.5 Å². The third-order valence-electron chi connectivity index (χ3n) is 4.67. The van der Waals surface area contributed by atoms with Gasteiger partial charge in [-0.1, -0.05) is 32.6 Å². The monoisotopic (exact) mass is 362 g/mol. The predicted octanol–water partition coefficient (Wildman–Crippen LogP) is 5.73. The molecule has 0 atom stereocenters. The molecule has 0 spiro atoms. The molecule has 0 aliphatic heterocycles. The number of hydrogen-bond acceptors (Lipinski definition) is 4. The largest absolute Gasteiger partial charge is 0.508 e. The molecule has 0 unspecified atom stereocenters. The lowest BCUT2D eigenvalue weighted by molar-refractivity contribution is 0.475. The van der Waals surface area contributed by atoms with Crippen molar-refractivity contribution in [3.8, 4) is 34.0 Å². The normalized spacial score (nSPS) is 10.9. The molecule has 3 aromatic rings. The molecule has 3 rings (SSSR count). The molecular formula is C23H26N2O2. The quantitative estimate of drug-likeness (QED) is 0.502. The highest BCUT2D eigenvalue weighted by Gasteiger charge is 2.11. The predicted molar refractivity (Wildman–Crippen MR) is 109 cm³/mol. The first-order chi connectivity index (χ1) is 13.2. The van der Waals surface area contributed by atoms with E-state index >= 15 is 0 Å². The molecule has 0 aliphatic rings. The minimum atomic E-state index is 0.239. The van der Waals surface area contributed by atoms with Crippen molar-refractivity contribution >= 4 is 0 Å². The molecule has 4 heteroatoms. The SMILES string of the molecule is CCCCCCCc1nc(-c2ccc(O)cc2)cnc1-c1ccc(O)cc1. The van der Waals surface area contributed by atoms with E-state index in [1.807, 2.05) is 24.3 Å². The molecule has 4 nitrogen and oxygen atoms in total. The van der Waals surface area contributed by atoms with Gasteiger partial charge in [0, 0.05) is 11.1 Å². The second-order valence-electron chi connectivity index (χ2n) is 6.81.